The molecule has 0 saturated carbocycles. The molecule has 4 aromatic carbocycles. The van der Waals surface area contributed by atoms with E-state index in [9.17, 15) is 0 Å². The Balaban J connectivity index is 1.98. The Morgan fingerprint density at radius 2 is 1.50 bits per heavy atom. The molecule has 0 saturated heterocycles. The summed E-state index contributed by atoms with van der Waals surface area (Å²) in [7, 11) is 0. The highest BCUT2D eigenvalue weighted by molar-refractivity contribution is 7.27. The van der Waals surface area contributed by atoms with Crippen LogP contribution in [0.25, 0.3) is 47.6 Å². The third-order valence-electron chi connectivity index (χ3n) is 6.31. The average Bonchev–Trinajstić information content (AvgIpc) is 3.22. The predicted molar refractivity (Wildman–Crippen MR) is 145 cm³/mol. The van der Waals surface area contributed by atoms with Crippen LogP contribution in [0, 0.1) is 6.92 Å². The van der Waals surface area contributed by atoms with E-state index in [1.54, 1.807) is 0 Å². The summed E-state index contributed by atoms with van der Waals surface area (Å²) < 4.78 is 2.72. The van der Waals surface area contributed by atoms with E-state index in [2.05, 4.69) is 112 Å². The molecule has 5 rings (SSSR count). The molecular weight excluding hydrogens is 404 g/mol. The maximum atomic E-state index is 4.18. The van der Waals surface area contributed by atoms with Gasteiger partial charge in [-0.05, 0) is 59.6 Å². The third-order valence-corrected chi connectivity index (χ3v) is 7.58. The van der Waals surface area contributed by atoms with Crippen molar-refractivity contribution in [2.75, 3.05) is 0 Å². The second-order valence-electron chi connectivity index (χ2n) is 8.20. The fourth-order valence-corrected chi connectivity index (χ4v) is 6.33. The van der Waals surface area contributed by atoms with E-state index in [1.807, 2.05) is 17.4 Å². The normalized spacial score (nSPS) is 12.7. The van der Waals surface area contributed by atoms with E-state index in [4.69, 9.17) is 0 Å². The second-order valence-corrected chi connectivity index (χ2v) is 9.22. The Kier molecular flexibility index (Phi) is 5.28. The van der Waals surface area contributed by atoms with Crippen LogP contribution in [-0.4, -0.2) is 0 Å². The topological polar surface area (TPSA) is 0 Å². The lowest BCUT2D eigenvalue weighted by Gasteiger charge is -2.16. The van der Waals surface area contributed by atoms with E-state index in [-0.39, 0.29) is 0 Å². The first-order chi connectivity index (χ1) is 15.7. The van der Waals surface area contributed by atoms with Gasteiger partial charge in [0.1, 0.15) is 0 Å². The summed E-state index contributed by atoms with van der Waals surface area (Å²) in [4.78, 5) is 0. The van der Waals surface area contributed by atoms with Gasteiger partial charge in [-0.3, -0.25) is 0 Å². The average molecular weight is 431 g/mol. The monoisotopic (exact) mass is 430 g/mol. The molecule has 0 spiro atoms. The number of hydrogen-bond acceptors (Lipinski definition) is 1. The third kappa shape index (κ3) is 3.13. The van der Waals surface area contributed by atoms with Crippen molar-refractivity contribution in [3.8, 4) is 11.1 Å². The van der Waals surface area contributed by atoms with Crippen LogP contribution >= 0.6 is 11.3 Å². The van der Waals surface area contributed by atoms with Crippen LogP contribution in [0.1, 0.15) is 25.0 Å². The van der Waals surface area contributed by atoms with Crippen molar-refractivity contribution in [2.24, 2.45) is 0 Å². The van der Waals surface area contributed by atoms with Gasteiger partial charge < -0.3 is 0 Å². The fraction of sp³-hybridized carbons (Fsp3) is 0.0968. The number of thiophene rings is 1. The molecule has 1 heterocycles. The first kappa shape index (κ1) is 20.5. The minimum Gasteiger partial charge on any atom is -0.134 e. The Morgan fingerprint density at radius 3 is 2.22 bits per heavy atom. The summed E-state index contributed by atoms with van der Waals surface area (Å²) in [6.45, 7) is 10.7. The van der Waals surface area contributed by atoms with E-state index >= 15 is 0 Å². The van der Waals surface area contributed by atoms with Crippen LogP contribution in [0.2, 0.25) is 0 Å². The number of allylic oxidation sites excluding steroid dienone is 5. The molecule has 0 aliphatic heterocycles. The zero-order valence-corrected chi connectivity index (χ0v) is 19.6. The molecule has 0 amide bonds. The van der Waals surface area contributed by atoms with Crippen LogP contribution in [0.4, 0.5) is 0 Å². The molecule has 5 aromatic rings. The Labute approximate surface area is 193 Å². The summed E-state index contributed by atoms with van der Waals surface area (Å²) >= 11 is 1.92. The molecule has 156 valence electrons. The predicted octanol–water partition coefficient (Wildman–Crippen LogP) is 9.72. The Morgan fingerprint density at radius 1 is 0.812 bits per heavy atom. The number of fused-ring (bicyclic) bond motifs is 5. The van der Waals surface area contributed by atoms with Crippen molar-refractivity contribution >= 4 is 47.9 Å². The maximum Gasteiger partial charge on any atom is 0.0437 e. The van der Waals surface area contributed by atoms with E-state index < -0.39 is 0 Å². The van der Waals surface area contributed by atoms with Crippen molar-refractivity contribution in [3.05, 3.63) is 114 Å². The number of rotatable bonds is 4. The van der Waals surface area contributed by atoms with Crippen molar-refractivity contribution in [2.45, 2.75) is 20.8 Å². The Bertz CT molecular complexity index is 1540. The van der Waals surface area contributed by atoms with Crippen LogP contribution < -0.4 is 0 Å². The summed E-state index contributed by atoms with van der Waals surface area (Å²) in [5, 5.41) is 5.31. The van der Waals surface area contributed by atoms with Gasteiger partial charge in [0, 0.05) is 25.6 Å². The van der Waals surface area contributed by atoms with Crippen molar-refractivity contribution in [1.29, 1.82) is 0 Å². The molecular formula is C31H26S. The zero-order valence-electron chi connectivity index (χ0n) is 18.8. The SMILES string of the molecule is C=C/C(=C(C)\C=C/C)c1c(C)c2c3cccc(-c4ccccc4)c3sc2c2ccccc12. The molecule has 0 N–H and O–H groups in total. The standard InChI is InChI=1S/C31H26S/c1-5-13-20(3)23(6-2)28-21(4)29-27-19-12-18-24(22-14-8-7-9-15-22)30(27)32-31(29)26-17-11-10-16-25(26)28/h5-19H,2H2,1,3-4H3/b13-5-,23-20+. The minimum absolute atomic E-state index is 1.21. The number of hydrogen-bond donors (Lipinski definition) is 0. The molecule has 32 heavy (non-hydrogen) atoms. The van der Waals surface area contributed by atoms with E-state index in [1.165, 1.54) is 64.3 Å². The quantitative estimate of drug-likeness (QED) is 0.249. The van der Waals surface area contributed by atoms with Gasteiger partial charge >= 0.3 is 0 Å². The summed E-state index contributed by atoms with van der Waals surface area (Å²) in [6, 6.07) is 26.3. The molecule has 1 aromatic heterocycles. The molecule has 0 aliphatic carbocycles. The largest absolute Gasteiger partial charge is 0.134 e. The van der Waals surface area contributed by atoms with Gasteiger partial charge in [0.15, 0.2) is 0 Å². The molecule has 0 nitrogen and oxygen atoms in total. The first-order valence-electron chi connectivity index (χ1n) is 11.0. The van der Waals surface area contributed by atoms with Crippen molar-refractivity contribution in [3.63, 3.8) is 0 Å². The van der Waals surface area contributed by atoms with Crippen molar-refractivity contribution < 1.29 is 0 Å². The summed E-state index contributed by atoms with van der Waals surface area (Å²) in [5.74, 6) is 0. The second kappa shape index (κ2) is 8.26. The van der Waals surface area contributed by atoms with Gasteiger partial charge in [0.05, 0.1) is 0 Å². The highest BCUT2D eigenvalue weighted by Crippen LogP contribution is 2.47. The molecule has 0 radical (unpaired) electrons. The molecule has 1 heteroatoms. The van der Waals surface area contributed by atoms with Gasteiger partial charge in [-0.25, -0.2) is 0 Å². The minimum atomic E-state index is 1.21. The summed E-state index contributed by atoms with van der Waals surface area (Å²) in [6.07, 6.45) is 6.29. The smallest absolute Gasteiger partial charge is 0.0437 e. The van der Waals surface area contributed by atoms with Gasteiger partial charge in [0.2, 0.25) is 0 Å². The summed E-state index contributed by atoms with van der Waals surface area (Å²) in [5.41, 5.74) is 7.63. The molecule has 0 bridgehead atoms. The highest BCUT2D eigenvalue weighted by atomic mass is 32.1. The number of benzene rings is 4. The first-order valence-corrected chi connectivity index (χ1v) is 11.9. The van der Waals surface area contributed by atoms with E-state index in [0.717, 1.165) is 0 Å². The van der Waals surface area contributed by atoms with Crippen LogP contribution in [0.3, 0.4) is 0 Å². The van der Waals surface area contributed by atoms with E-state index in [0.29, 0.717) is 0 Å². The van der Waals surface area contributed by atoms with Crippen molar-refractivity contribution in [1.82, 2.24) is 0 Å². The van der Waals surface area contributed by atoms with Gasteiger partial charge in [-0.2, -0.15) is 0 Å². The molecule has 0 fully saturated rings. The Hall–Kier alpha value is -3.42. The molecule has 0 unspecified atom stereocenters. The molecule has 0 aliphatic rings. The lowest BCUT2D eigenvalue weighted by molar-refractivity contribution is 1.46. The van der Waals surface area contributed by atoms with Gasteiger partial charge in [-0.15, -0.1) is 11.3 Å². The molecule has 0 atom stereocenters. The van der Waals surface area contributed by atoms with Gasteiger partial charge in [0.25, 0.3) is 0 Å². The van der Waals surface area contributed by atoms with Crippen LogP contribution in [-0.2, 0) is 0 Å². The van der Waals surface area contributed by atoms with Gasteiger partial charge in [-0.1, -0.05) is 97.6 Å². The lowest BCUT2D eigenvalue weighted by Crippen LogP contribution is -1.93. The zero-order chi connectivity index (χ0) is 22.2. The number of aryl methyl sites for hydroxylation is 1. The maximum absolute atomic E-state index is 4.18. The van der Waals surface area contributed by atoms with Crippen LogP contribution in [0.5, 0.6) is 0 Å². The lowest BCUT2D eigenvalue weighted by atomic mass is 9.88. The highest BCUT2D eigenvalue weighted by Gasteiger charge is 2.19. The van der Waals surface area contributed by atoms with Crippen LogP contribution in [0.15, 0.2) is 103 Å². The fourth-order valence-electron chi connectivity index (χ4n) is 4.90.